The van der Waals surface area contributed by atoms with Crippen LogP contribution in [-0.4, -0.2) is 28.4 Å². The highest BCUT2D eigenvalue weighted by Gasteiger charge is 2.30. The quantitative estimate of drug-likeness (QED) is 0.403. The van der Waals surface area contributed by atoms with Crippen molar-refractivity contribution in [3.63, 3.8) is 0 Å². The molecule has 1 heterocycles. The minimum Gasteiger partial charge on any atom is -0.465 e. The predicted molar refractivity (Wildman–Crippen MR) is 126 cm³/mol. The molecule has 2 N–H and O–H groups in total. The Labute approximate surface area is 187 Å². The monoisotopic (exact) mass is 440 g/mol. The first kappa shape index (κ1) is 22.9. The molecular formula is C24H30N3O3S+. The number of fused-ring (bicyclic) bond motifs is 1. The Morgan fingerprint density at radius 2 is 1.84 bits per heavy atom. The Kier molecular flexibility index (Phi) is 7.38. The van der Waals surface area contributed by atoms with Gasteiger partial charge in [-0.2, -0.15) is 4.57 Å². The van der Waals surface area contributed by atoms with E-state index in [-0.39, 0.29) is 11.5 Å². The van der Waals surface area contributed by atoms with Crippen LogP contribution in [0.2, 0.25) is 0 Å². The number of benzene rings is 2. The third-order valence-electron chi connectivity index (χ3n) is 5.00. The van der Waals surface area contributed by atoms with E-state index in [0.29, 0.717) is 25.1 Å². The molecule has 31 heavy (non-hydrogen) atoms. The number of hydrogen-bond acceptors (Lipinski definition) is 5. The van der Waals surface area contributed by atoms with Gasteiger partial charge in [0.05, 0.1) is 13.2 Å². The molecule has 0 aliphatic heterocycles. The molecule has 164 valence electrons. The van der Waals surface area contributed by atoms with Crippen LogP contribution in [0, 0.1) is 0 Å². The molecule has 0 amide bonds. The molecule has 0 aliphatic rings. The number of ether oxygens (including phenoxy) is 1. The molecule has 0 spiro atoms. The van der Waals surface area contributed by atoms with E-state index in [9.17, 15) is 9.59 Å². The number of esters is 1. The summed E-state index contributed by atoms with van der Waals surface area (Å²) in [6, 6.07) is 15.5. The average molecular weight is 441 g/mol. The third-order valence-corrected chi connectivity index (χ3v) is 6.19. The predicted octanol–water partition coefficient (Wildman–Crippen LogP) is 3.92. The largest absolute Gasteiger partial charge is 0.465 e. The SMILES string of the molecule is CCOC(=O)C(C)(C)Sc1ccc(NCCn2c(CC)[nH+]c3ccccc3c2=O)cc1. The molecule has 3 aromatic rings. The van der Waals surface area contributed by atoms with E-state index in [1.165, 1.54) is 11.8 Å². The first-order valence-corrected chi connectivity index (χ1v) is 11.4. The zero-order valence-corrected chi connectivity index (χ0v) is 19.3. The molecule has 0 fully saturated rings. The molecule has 6 nitrogen and oxygen atoms in total. The van der Waals surface area contributed by atoms with Crippen molar-refractivity contribution in [3.8, 4) is 0 Å². The van der Waals surface area contributed by atoms with Gasteiger partial charge in [0.25, 0.3) is 5.82 Å². The summed E-state index contributed by atoms with van der Waals surface area (Å²) in [6.07, 6.45) is 0.752. The van der Waals surface area contributed by atoms with Gasteiger partial charge in [0.2, 0.25) is 0 Å². The topological polar surface area (TPSA) is 74.5 Å². The maximum absolute atomic E-state index is 12.9. The average Bonchev–Trinajstić information content (AvgIpc) is 2.76. The number of H-pyrrole nitrogens is 1. The van der Waals surface area contributed by atoms with Crippen molar-refractivity contribution in [1.82, 2.24) is 4.57 Å². The fourth-order valence-electron chi connectivity index (χ4n) is 3.38. The van der Waals surface area contributed by atoms with Crippen molar-refractivity contribution in [3.05, 3.63) is 64.7 Å². The molecule has 7 heteroatoms. The summed E-state index contributed by atoms with van der Waals surface area (Å²) in [5.41, 5.74) is 1.86. The van der Waals surface area contributed by atoms with E-state index in [0.717, 1.165) is 28.3 Å². The summed E-state index contributed by atoms with van der Waals surface area (Å²) in [5, 5.41) is 4.08. The second kappa shape index (κ2) is 10.0. The molecule has 0 saturated heterocycles. The molecule has 1 aromatic heterocycles. The highest BCUT2D eigenvalue weighted by molar-refractivity contribution is 8.01. The second-order valence-corrected chi connectivity index (χ2v) is 9.41. The Hall–Kier alpha value is -2.80. The van der Waals surface area contributed by atoms with Gasteiger partial charge in [-0.25, -0.2) is 9.78 Å². The molecular weight excluding hydrogens is 410 g/mol. The molecule has 0 unspecified atom stereocenters. The summed E-state index contributed by atoms with van der Waals surface area (Å²) in [7, 11) is 0. The number of aromatic nitrogens is 2. The zero-order chi connectivity index (χ0) is 22.4. The zero-order valence-electron chi connectivity index (χ0n) is 18.5. The number of para-hydroxylation sites is 1. The normalized spacial score (nSPS) is 11.5. The maximum Gasteiger partial charge on any atom is 0.345 e. The van der Waals surface area contributed by atoms with Crippen molar-refractivity contribution in [1.29, 1.82) is 0 Å². The third kappa shape index (κ3) is 5.47. The number of rotatable bonds is 9. The minimum absolute atomic E-state index is 0.0287. The van der Waals surface area contributed by atoms with Gasteiger partial charge in [-0.1, -0.05) is 19.1 Å². The Morgan fingerprint density at radius 1 is 1.13 bits per heavy atom. The number of anilines is 1. The lowest BCUT2D eigenvalue weighted by atomic mass is 10.2. The van der Waals surface area contributed by atoms with Gasteiger partial charge >= 0.3 is 11.5 Å². The summed E-state index contributed by atoms with van der Waals surface area (Å²) in [5.74, 6) is 0.699. The van der Waals surface area contributed by atoms with Crippen molar-refractivity contribution in [2.24, 2.45) is 0 Å². The van der Waals surface area contributed by atoms with Crippen molar-refractivity contribution in [2.75, 3.05) is 18.5 Å². The Bertz CT molecular complexity index is 1110. The minimum atomic E-state index is -0.644. The van der Waals surface area contributed by atoms with Gasteiger partial charge in [-0.05, 0) is 57.2 Å². The molecule has 3 rings (SSSR count). The molecule has 0 radical (unpaired) electrons. The van der Waals surface area contributed by atoms with Crippen LogP contribution in [0.5, 0.6) is 0 Å². The van der Waals surface area contributed by atoms with Gasteiger partial charge in [0.15, 0.2) is 0 Å². The van der Waals surface area contributed by atoms with E-state index >= 15 is 0 Å². The highest BCUT2D eigenvalue weighted by atomic mass is 32.2. The Balaban J connectivity index is 1.65. The molecule has 0 aliphatic carbocycles. The number of hydrogen-bond donors (Lipinski definition) is 1. The van der Waals surface area contributed by atoms with E-state index in [1.807, 2.05) is 76.2 Å². The van der Waals surface area contributed by atoms with E-state index < -0.39 is 4.75 Å². The number of nitrogens with zero attached hydrogens (tertiary/aromatic N) is 1. The fourth-order valence-corrected chi connectivity index (χ4v) is 4.38. The van der Waals surface area contributed by atoms with Gasteiger partial charge in [0.1, 0.15) is 22.2 Å². The van der Waals surface area contributed by atoms with E-state index in [1.54, 1.807) is 4.57 Å². The van der Waals surface area contributed by atoms with Crippen LogP contribution < -0.4 is 15.9 Å². The maximum atomic E-state index is 12.9. The first-order valence-electron chi connectivity index (χ1n) is 10.6. The number of nitrogens with one attached hydrogen (secondary N) is 2. The lowest BCUT2D eigenvalue weighted by Crippen LogP contribution is -2.34. The van der Waals surface area contributed by atoms with Crippen molar-refractivity contribution >= 4 is 34.3 Å². The van der Waals surface area contributed by atoms with E-state index in [4.69, 9.17) is 4.74 Å². The van der Waals surface area contributed by atoms with Crippen LogP contribution in [0.15, 0.2) is 58.2 Å². The first-order chi connectivity index (χ1) is 14.9. The summed E-state index contributed by atoms with van der Waals surface area (Å²) < 4.78 is 6.31. The van der Waals surface area contributed by atoms with Crippen molar-refractivity contribution in [2.45, 2.75) is 50.3 Å². The summed E-state index contributed by atoms with van der Waals surface area (Å²) in [4.78, 5) is 29.4. The van der Waals surface area contributed by atoms with Crippen LogP contribution in [0.25, 0.3) is 10.9 Å². The molecule has 0 saturated carbocycles. The van der Waals surface area contributed by atoms with Crippen LogP contribution >= 0.6 is 11.8 Å². The number of aromatic amines is 1. The van der Waals surface area contributed by atoms with E-state index in [2.05, 4.69) is 10.3 Å². The lowest BCUT2D eigenvalue weighted by Gasteiger charge is -2.21. The second-order valence-electron chi connectivity index (χ2n) is 7.71. The smallest absolute Gasteiger partial charge is 0.345 e. The number of carbonyl (C=O) groups excluding carboxylic acids is 1. The van der Waals surface area contributed by atoms with Gasteiger partial charge in [-0.3, -0.25) is 4.79 Å². The molecule has 0 bridgehead atoms. The van der Waals surface area contributed by atoms with Gasteiger partial charge in [0, 0.05) is 17.0 Å². The molecule has 2 aromatic carbocycles. The number of thioether (sulfide) groups is 1. The fraction of sp³-hybridized carbons (Fsp3) is 0.375. The van der Waals surface area contributed by atoms with Crippen LogP contribution in [0.1, 0.15) is 33.5 Å². The van der Waals surface area contributed by atoms with Crippen LogP contribution in [-0.2, 0) is 22.5 Å². The Morgan fingerprint density at radius 3 is 2.52 bits per heavy atom. The summed E-state index contributed by atoms with van der Waals surface area (Å²) >= 11 is 1.48. The molecule has 0 atom stereocenters. The number of carbonyl (C=O) groups is 1. The van der Waals surface area contributed by atoms with Crippen LogP contribution in [0.4, 0.5) is 5.69 Å². The summed E-state index contributed by atoms with van der Waals surface area (Å²) in [6.45, 7) is 9.15. The lowest BCUT2D eigenvalue weighted by molar-refractivity contribution is -0.366. The number of aryl methyl sites for hydroxylation is 1. The van der Waals surface area contributed by atoms with Gasteiger partial charge in [-0.15, -0.1) is 11.8 Å². The van der Waals surface area contributed by atoms with Crippen molar-refractivity contribution < 1.29 is 14.5 Å². The standard InChI is InChI=1S/C24H29N3O3S/c1-5-21-26-20-10-8-7-9-19(20)22(28)27(21)16-15-25-17-11-13-18(14-12-17)31-24(3,4)23(29)30-6-2/h7-14,25H,5-6,15-16H2,1-4H3/p+1. The van der Waals surface area contributed by atoms with Crippen LogP contribution in [0.3, 0.4) is 0 Å². The van der Waals surface area contributed by atoms with Gasteiger partial charge < -0.3 is 10.1 Å². The highest BCUT2D eigenvalue weighted by Crippen LogP contribution is 2.34.